The average Bonchev–Trinajstić information content (AvgIpc) is 2.01. The topological polar surface area (TPSA) is 6.48 Å². The predicted molar refractivity (Wildman–Crippen MR) is 49.2 cm³/mol. The molecule has 14 heavy (non-hydrogen) atoms. The van der Waals surface area contributed by atoms with Crippen molar-refractivity contribution < 1.29 is 13.2 Å². The minimum Gasteiger partial charge on any atom is -0.303 e. The van der Waals surface area contributed by atoms with E-state index in [1.165, 1.54) is 4.90 Å². The van der Waals surface area contributed by atoms with E-state index in [1.54, 1.807) is 11.9 Å². The predicted octanol–water partition coefficient (Wildman–Crippen LogP) is 1.57. The van der Waals surface area contributed by atoms with E-state index >= 15 is 0 Å². The van der Waals surface area contributed by atoms with Crippen LogP contribution in [0, 0.1) is 0 Å². The number of hydrogen-bond donors (Lipinski definition) is 0. The van der Waals surface area contributed by atoms with Gasteiger partial charge in [0.05, 0.1) is 0 Å². The van der Waals surface area contributed by atoms with Crippen LogP contribution in [0.2, 0.25) is 0 Å². The maximum absolute atomic E-state index is 12.7. The van der Waals surface area contributed by atoms with Crippen molar-refractivity contribution >= 4 is 0 Å². The van der Waals surface area contributed by atoms with Crippen molar-refractivity contribution in [3.8, 4) is 0 Å². The zero-order valence-electron chi connectivity index (χ0n) is 8.80. The monoisotopic (exact) mass is 210 g/mol. The summed E-state index contributed by atoms with van der Waals surface area (Å²) in [6.07, 6.45) is -4.11. The van der Waals surface area contributed by atoms with Crippen LogP contribution >= 0.6 is 0 Å². The van der Waals surface area contributed by atoms with E-state index in [4.69, 9.17) is 0 Å². The van der Waals surface area contributed by atoms with Gasteiger partial charge in [0.1, 0.15) is 6.04 Å². The molecule has 1 unspecified atom stereocenters. The molecule has 1 fully saturated rings. The largest absolute Gasteiger partial charge is 0.405 e. The molecule has 0 aromatic carbocycles. The second-order valence-corrected chi connectivity index (χ2v) is 4.15. The van der Waals surface area contributed by atoms with Gasteiger partial charge in [-0.25, -0.2) is 0 Å². The van der Waals surface area contributed by atoms with Crippen molar-refractivity contribution in [3.63, 3.8) is 0 Å². The van der Waals surface area contributed by atoms with Crippen molar-refractivity contribution in [3.05, 3.63) is 0 Å². The van der Waals surface area contributed by atoms with E-state index < -0.39 is 12.2 Å². The first-order valence-corrected chi connectivity index (χ1v) is 4.83. The lowest BCUT2D eigenvalue weighted by Gasteiger charge is -2.42. The third-order valence-electron chi connectivity index (χ3n) is 2.67. The van der Waals surface area contributed by atoms with Gasteiger partial charge in [0.2, 0.25) is 0 Å². The number of alkyl halides is 3. The highest BCUT2D eigenvalue weighted by atomic mass is 19.4. The van der Waals surface area contributed by atoms with Crippen LogP contribution in [-0.2, 0) is 0 Å². The Balaban J connectivity index is 2.74. The van der Waals surface area contributed by atoms with E-state index in [9.17, 15) is 13.2 Å². The Morgan fingerprint density at radius 3 is 2.21 bits per heavy atom. The molecule has 0 spiro atoms. The van der Waals surface area contributed by atoms with Crippen LogP contribution in [0.4, 0.5) is 13.2 Å². The Labute approximate surface area is 82.7 Å². The van der Waals surface area contributed by atoms with Crippen molar-refractivity contribution in [1.29, 1.82) is 0 Å². The third kappa shape index (κ3) is 2.60. The van der Waals surface area contributed by atoms with E-state index in [2.05, 4.69) is 0 Å². The molecular weight excluding hydrogens is 193 g/mol. The Kier molecular flexibility index (Phi) is 3.42. The highest BCUT2D eigenvalue weighted by Crippen LogP contribution is 2.28. The number of nitrogens with zero attached hydrogens (tertiary/aromatic N) is 2. The molecule has 0 aromatic heterocycles. The molecule has 0 radical (unpaired) electrons. The van der Waals surface area contributed by atoms with E-state index in [0.29, 0.717) is 13.1 Å². The molecule has 1 saturated heterocycles. The van der Waals surface area contributed by atoms with Crippen molar-refractivity contribution in [2.75, 3.05) is 26.7 Å². The van der Waals surface area contributed by atoms with Crippen LogP contribution in [0.3, 0.4) is 0 Å². The van der Waals surface area contributed by atoms with Gasteiger partial charge < -0.3 is 4.90 Å². The van der Waals surface area contributed by atoms with Gasteiger partial charge in [0, 0.05) is 25.7 Å². The first-order valence-electron chi connectivity index (χ1n) is 4.83. The van der Waals surface area contributed by atoms with Gasteiger partial charge in [-0.05, 0) is 20.9 Å². The van der Waals surface area contributed by atoms with Crippen LogP contribution in [-0.4, -0.2) is 54.7 Å². The van der Waals surface area contributed by atoms with Gasteiger partial charge in [-0.15, -0.1) is 0 Å². The fourth-order valence-corrected chi connectivity index (χ4v) is 1.84. The van der Waals surface area contributed by atoms with Crippen LogP contribution in [0.5, 0.6) is 0 Å². The molecule has 1 aliphatic rings. The fourth-order valence-electron chi connectivity index (χ4n) is 1.84. The molecule has 84 valence electrons. The van der Waals surface area contributed by atoms with Crippen LogP contribution < -0.4 is 0 Å². The summed E-state index contributed by atoms with van der Waals surface area (Å²) in [7, 11) is 1.73. The third-order valence-corrected chi connectivity index (χ3v) is 2.67. The summed E-state index contributed by atoms with van der Waals surface area (Å²) in [5.74, 6) is 0. The van der Waals surface area contributed by atoms with E-state index in [1.807, 2.05) is 13.8 Å². The first kappa shape index (κ1) is 11.8. The second-order valence-electron chi connectivity index (χ2n) is 4.15. The molecule has 0 aliphatic carbocycles. The van der Waals surface area contributed by atoms with Crippen LogP contribution in [0.1, 0.15) is 13.8 Å². The van der Waals surface area contributed by atoms with Gasteiger partial charge in [-0.3, -0.25) is 4.90 Å². The van der Waals surface area contributed by atoms with E-state index in [-0.39, 0.29) is 12.6 Å². The maximum Gasteiger partial charge on any atom is 0.405 e. The normalized spacial score (nSPS) is 27.2. The Bertz CT molecular complexity index is 191. The molecular formula is C9H17F3N2. The standard InChI is InChI=1S/C9H17F3N2/c1-7(2)14-5-4-13(3)6-8(14)9(10,11)12/h7-8H,4-6H2,1-3H3. The zero-order valence-corrected chi connectivity index (χ0v) is 8.80. The maximum atomic E-state index is 12.7. The number of piperazine rings is 1. The fraction of sp³-hybridized carbons (Fsp3) is 1.00. The molecule has 5 heteroatoms. The number of hydrogen-bond acceptors (Lipinski definition) is 2. The lowest BCUT2D eigenvalue weighted by atomic mass is 10.1. The van der Waals surface area contributed by atoms with Gasteiger partial charge in [0.15, 0.2) is 0 Å². The molecule has 0 aromatic rings. The van der Waals surface area contributed by atoms with Crippen LogP contribution in [0.25, 0.3) is 0 Å². The van der Waals surface area contributed by atoms with Crippen molar-refractivity contribution in [2.24, 2.45) is 0 Å². The Morgan fingerprint density at radius 1 is 1.21 bits per heavy atom. The van der Waals surface area contributed by atoms with Gasteiger partial charge >= 0.3 is 6.18 Å². The highest BCUT2D eigenvalue weighted by Gasteiger charge is 2.46. The highest BCUT2D eigenvalue weighted by molar-refractivity contribution is 4.87. The molecule has 1 aliphatic heterocycles. The SMILES string of the molecule is CC(C)N1CCN(C)CC1C(F)(F)F. The smallest absolute Gasteiger partial charge is 0.303 e. The summed E-state index contributed by atoms with van der Waals surface area (Å²) in [6.45, 7) is 4.92. The number of likely N-dealkylation sites (N-methyl/N-ethyl adjacent to an activating group) is 1. The molecule has 0 bridgehead atoms. The molecule has 0 N–H and O–H groups in total. The molecule has 1 heterocycles. The summed E-state index contributed by atoms with van der Waals surface area (Å²) >= 11 is 0. The first-order chi connectivity index (χ1) is 6.32. The molecule has 0 saturated carbocycles. The summed E-state index contributed by atoms with van der Waals surface area (Å²) in [5.41, 5.74) is 0. The number of halogens is 3. The van der Waals surface area contributed by atoms with Gasteiger partial charge in [-0.1, -0.05) is 0 Å². The summed E-state index contributed by atoms with van der Waals surface area (Å²) < 4.78 is 38.0. The Morgan fingerprint density at radius 2 is 1.79 bits per heavy atom. The lowest BCUT2D eigenvalue weighted by molar-refractivity contribution is -0.200. The number of rotatable bonds is 1. The molecule has 1 rings (SSSR count). The van der Waals surface area contributed by atoms with Crippen molar-refractivity contribution in [2.45, 2.75) is 32.1 Å². The Hall–Kier alpha value is -0.290. The van der Waals surface area contributed by atoms with Gasteiger partial charge in [0.25, 0.3) is 0 Å². The summed E-state index contributed by atoms with van der Waals surface area (Å²) in [5, 5.41) is 0. The second kappa shape index (κ2) is 4.06. The minimum absolute atomic E-state index is 0.0460. The van der Waals surface area contributed by atoms with E-state index in [0.717, 1.165) is 0 Å². The summed E-state index contributed by atoms with van der Waals surface area (Å²) in [4.78, 5) is 3.26. The molecule has 1 atom stereocenters. The average molecular weight is 210 g/mol. The lowest BCUT2D eigenvalue weighted by Crippen LogP contribution is -2.59. The van der Waals surface area contributed by atoms with Crippen molar-refractivity contribution in [1.82, 2.24) is 9.80 Å². The van der Waals surface area contributed by atoms with Gasteiger partial charge in [-0.2, -0.15) is 13.2 Å². The zero-order chi connectivity index (χ0) is 10.9. The van der Waals surface area contributed by atoms with Crippen LogP contribution in [0.15, 0.2) is 0 Å². The summed E-state index contributed by atoms with van der Waals surface area (Å²) in [6, 6.07) is -1.35. The molecule has 2 nitrogen and oxygen atoms in total. The molecule has 0 amide bonds. The minimum atomic E-state index is -4.11. The quantitative estimate of drug-likeness (QED) is 0.648.